The third-order valence-electron chi connectivity index (χ3n) is 3.92. The Bertz CT molecular complexity index is 1050. The first kappa shape index (κ1) is 14.7. The monoisotopic (exact) mass is 391 g/mol. The molecular weight excluding hydrogens is 382 g/mol. The highest BCUT2D eigenvalue weighted by molar-refractivity contribution is 9.10. The van der Waals surface area contributed by atoms with E-state index in [2.05, 4.69) is 25.9 Å². The predicted molar refractivity (Wildman–Crippen MR) is 92.6 cm³/mol. The van der Waals surface area contributed by atoms with Crippen LogP contribution in [0.15, 0.2) is 44.4 Å². The van der Waals surface area contributed by atoms with Crippen molar-refractivity contribution in [2.75, 3.05) is 0 Å². The topological polar surface area (TPSA) is 67.8 Å². The summed E-state index contributed by atoms with van der Waals surface area (Å²) in [7, 11) is 0. The van der Waals surface area contributed by atoms with Gasteiger partial charge in [-0.1, -0.05) is 23.7 Å². The quantitative estimate of drug-likeness (QED) is 0.727. The van der Waals surface area contributed by atoms with Crippen molar-refractivity contribution >= 4 is 38.6 Å². The van der Waals surface area contributed by atoms with E-state index in [1.807, 2.05) is 0 Å². The lowest BCUT2D eigenvalue weighted by molar-refractivity contribution is 0.907. The van der Waals surface area contributed by atoms with Crippen molar-refractivity contribution in [2.45, 2.75) is 18.8 Å². The average Bonchev–Trinajstić information content (AvgIpc) is 3.34. The molecule has 0 amide bonds. The number of H-pyrrole nitrogens is 1. The average molecular weight is 393 g/mol. The second-order valence-electron chi connectivity index (χ2n) is 5.55. The first-order chi connectivity index (χ1) is 11.1. The third kappa shape index (κ3) is 2.42. The minimum atomic E-state index is -0.549. The second kappa shape index (κ2) is 5.32. The SMILES string of the molecule is O=c1[nH]c(=O)n(-c2ccccc2Cl)c2nc(C3CC3)c(Br)cc12. The molecule has 0 spiro atoms. The number of hydrogen-bond acceptors (Lipinski definition) is 3. The highest BCUT2D eigenvalue weighted by Crippen LogP contribution is 2.42. The van der Waals surface area contributed by atoms with Gasteiger partial charge in [0.05, 0.1) is 21.8 Å². The summed E-state index contributed by atoms with van der Waals surface area (Å²) in [4.78, 5) is 31.5. The normalized spacial score (nSPS) is 14.3. The Balaban J connectivity index is 2.15. The van der Waals surface area contributed by atoms with Crippen molar-refractivity contribution in [3.63, 3.8) is 0 Å². The number of fused-ring (bicyclic) bond motifs is 1. The molecule has 0 atom stereocenters. The van der Waals surface area contributed by atoms with Crippen molar-refractivity contribution < 1.29 is 0 Å². The van der Waals surface area contributed by atoms with Gasteiger partial charge >= 0.3 is 5.69 Å². The standard InChI is InChI=1S/C16H11BrClN3O2/c17-10-7-9-14(19-13(10)8-5-6-8)21(16(23)20-15(9)22)12-4-2-1-3-11(12)18/h1-4,7-8H,5-6H2,(H,20,22,23). The Morgan fingerprint density at radius 3 is 2.70 bits per heavy atom. The lowest BCUT2D eigenvalue weighted by Crippen LogP contribution is -2.30. The van der Waals surface area contributed by atoms with Gasteiger partial charge < -0.3 is 0 Å². The summed E-state index contributed by atoms with van der Waals surface area (Å²) >= 11 is 9.71. The summed E-state index contributed by atoms with van der Waals surface area (Å²) in [5.74, 6) is 0.378. The zero-order chi connectivity index (χ0) is 16.1. The van der Waals surface area contributed by atoms with E-state index in [-0.39, 0.29) is 0 Å². The first-order valence-electron chi connectivity index (χ1n) is 7.16. The highest BCUT2D eigenvalue weighted by atomic mass is 79.9. The number of para-hydroxylation sites is 1. The van der Waals surface area contributed by atoms with Gasteiger partial charge in [0.25, 0.3) is 5.56 Å². The molecule has 0 bridgehead atoms. The summed E-state index contributed by atoms with van der Waals surface area (Å²) in [6.45, 7) is 0. The molecule has 0 aliphatic heterocycles. The van der Waals surface area contributed by atoms with Crippen LogP contribution in [0.1, 0.15) is 24.5 Å². The minimum Gasteiger partial charge on any atom is -0.273 e. The van der Waals surface area contributed by atoms with Crippen LogP contribution in [0.4, 0.5) is 0 Å². The van der Waals surface area contributed by atoms with Gasteiger partial charge in [0, 0.05) is 10.4 Å². The number of benzene rings is 1. The zero-order valence-corrected chi connectivity index (χ0v) is 14.2. The van der Waals surface area contributed by atoms with Crippen molar-refractivity contribution in [3.05, 3.63) is 66.4 Å². The summed E-state index contributed by atoms with van der Waals surface area (Å²) < 4.78 is 2.15. The molecule has 7 heteroatoms. The van der Waals surface area contributed by atoms with Crippen LogP contribution in [-0.4, -0.2) is 14.5 Å². The molecule has 1 fully saturated rings. The molecule has 1 saturated carbocycles. The second-order valence-corrected chi connectivity index (χ2v) is 6.81. The number of pyridine rings is 1. The Hall–Kier alpha value is -1.92. The fraction of sp³-hybridized carbons (Fsp3) is 0.188. The van der Waals surface area contributed by atoms with E-state index < -0.39 is 11.2 Å². The number of aromatic amines is 1. The fourth-order valence-electron chi connectivity index (χ4n) is 2.65. The molecule has 0 radical (unpaired) electrons. The summed E-state index contributed by atoms with van der Waals surface area (Å²) in [6, 6.07) is 8.71. The number of nitrogens with zero attached hydrogens (tertiary/aromatic N) is 2. The van der Waals surface area contributed by atoms with Crippen LogP contribution in [0, 0.1) is 0 Å². The highest BCUT2D eigenvalue weighted by Gasteiger charge is 2.28. The van der Waals surface area contributed by atoms with Crippen LogP contribution in [0.25, 0.3) is 16.7 Å². The Morgan fingerprint density at radius 1 is 1.26 bits per heavy atom. The van der Waals surface area contributed by atoms with Crippen LogP contribution in [0.3, 0.4) is 0 Å². The molecule has 0 unspecified atom stereocenters. The molecule has 0 saturated heterocycles. The molecule has 1 aliphatic rings. The Kier molecular flexibility index (Phi) is 3.39. The fourth-order valence-corrected chi connectivity index (χ4v) is 3.51. The number of nitrogens with one attached hydrogen (secondary N) is 1. The number of aromatic nitrogens is 3. The van der Waals surface area contributed by atoms with E-state index in [9.17, 15) is 9.59 Å². The van der Waals surface area contributed by atoms with Crippen molar-refractivity contribution in [1.82, 2.24) is 14.5 Å². The molecule has 116 valence electrons. The van der Waals surface area contributed by atoms with Crippen molar-refractivity contribution in [1.29, 1.82) is 0 Å². The molecule has 3 aromatic rings. The Labute approximate surface area is 144 Å². The van der Waals surface area contributed by atoms with Gasteiger partial charge in [-0.3, -0.25) is 9.78 Å². The van der Waals surface area contributed by atoms with Crippen molar-refractivity contribution in [3.8, 4) is 5.69 Å². The van der Waals surface area contributed by atoms with Gasteiger partial charge in [-0.15, -0.1) is 0 Å². The molecular formula is C16H11BrClN3O2. The van der Waals surface area contributed by atoms with Crippen LogP contribution in [0.5, 0.6) is 0 Å². The number of rotatable bonds is 2. The molecule has 1 aliphatic carbocycles. The van der Waals surface area contributed by atoms with Gasteiger partial charge in [-0.2, -0.15) is 0 Å². The largest absolute Gasteiger partial charge is 0.334 e. The van der Waals surface area contributed by atoms with E-state index in [4.69, 9.17) is 11.6 Å². The maximum Gasteiger partial charge on any atom is 0.334 e. The van der Waals surface area contributed by atoms with Crippen LogP contribution in [-0.2, 0) is 0 Å². The van der Waals surface area contributed by atoms with E-state index in [0.717, 1.165) is 23.0 Å². The van der Waals surface area contributed by atoms with Crippen LogP contribution >= 0.6 is 27.5 Å². The molecule has 23 heavy (non-hydrogen) atoms. The zero-order valence-electron chi connectivity index (χ0n) is 11.8. The molecule has 1 aromatic carbocycles. The molecule has 1 N–H and O–H groups in total. The smallest absolute Gasteiger partial charge is 0.273 e. The van der Waals surface area contributed by atoms with Gasteiger partial charge in [0.15, 0.2) is 5.65 Å². The molecule has 2 heterocycles. The van der Waals surface area contributed by atoms with Crippen LogP contribution in [0.2, 0.25) is 5.02 Å². The van der Waals surface area contributed by atoms with Crippen LogP contribution < -0.4 is 11.2 Å². The lowest BCUT2D eigenvalue weighted by atomic mass is 10.2. The van der Waals surface area contributed by atoms with E-state index in [1.54, 1.807) is 30.3 Å². The molecule has 2 aromatic heterocycles. The van der Waals surface area contributed by atoms with Gasteiger partial charge in [-0.05, 0) is 47.0 Å². The van der Waals surface area contributed by atoms with E-state index in [1.165, 1.54) is 4.57 Å². The predicted octanol–water partition coefficient (Wildman–Crippen LogP) is 3.37. The summed E-state index contributed by atoms with van der Waals surface area (Å²) in [6.07, 6.45) is 2.13. The van der Waals surface area contributed by atoms with Crippen molar-refractivity contribution in [2.24, 2.45) is 0 Å². The molecule has 4 rings (SSSR count). The van der Waals surface area contributed by atoms with E-state index in [0.29, 0.717) is 27.7 Å². The summed E-state index contributed by atoms with van der Waals surface area (Å²) in [5, 5.41) is 0.765. The maximum atomic E-state index is 12.4. The number of halogens is 2. The summed E-state index contributed by atoms with van der Waals surface area (Å²) in [5.41, 5.74) is 0.702. The van der Waals surface area contributed by atoms with Gasteiger partial charge in [0.2, 0.25) is 0 Å². The maximum absolute atomic E-state index is 12.4. The Morgan fingerprint density at radius 2 is 2.00 bits per heavy atom. The molecule has 5 nitrogen and oxygen atoms in total. The van der Waals surface area contributed by atoms with E-state index >= 15 is 0 Å². The lowest BCUT2D eigenvalue weighted by Gasteiger charge is -2.12. The van der Waals surface area contributed by atoms with Gasteiger partial charge in [-0.25, -0.2) is 14.3 Å². The first-order valence-corrected chi connectivity index (χ1v) is 8.34. The van der Waals surface area contributed by atoms with Gasteiger partial charge in [0.1, 0.15) is 0 Å². The third-order valence-corrected chi connectivity index (χ3v) is 4.88. The minimum absolute atomic E-state index is 0.331. The number of hydrogen-bond donors (Lipinski definition) is 1.